The Morgan fingerprint density at radius 3 is 2.57 bits per heavy atom. The van der Waals surface area contributed by atoms with Crippen LogP contribution in [0.2, 0.25) is 0 Å². The highest BCUT2D eigenvalue weighted by Crippen LogP contribution is 2.17. The summed E-state index contributed by atoms with van der Waals surface area (Å²) in [5, 5.41) is 3.02. The van der Waals surface area contributed by atoms with Crippen LogP contribution >= 0.6 is 0 Å². The van der Waals surface area contributed by atoms with Crippen LogP contribution in [0.25, 0.3) is 11.0 Å². The molecule has 1 aromatic heterocycles. The fourth-order valence-electron chi connectivity index (χ4n) is 3.60. The number of hydrogen-bond acceptors (Lipinski definition) is 3. The number of rotatable bonds is 7. The fraction of sp³-hybridized carbons (Fsp3) is 0.200. The number of nitrogens with zero attached hydrogens (tertiary/aromatic N) is 2. The molecule has 0 bridgehead atoms. The van der Waals surface area contributed by atoms with Crippen LogP contribution in [-0.4, -0.2) is 22.1 Å². The first-order chi connectivity index (χ1) is 14.6. The van der Waals surface area contributed by atoms with Gasteiger partial charge in [0.25, 0.3) is 5.91 Å². The number of ether oxygens (including phenoxy) is 1. The van der Waals surface area contributed by atoms with Crippen molar-refractivity contribution in [1.82, 2.24) is 14.9 Å². The molecule has 0 aliphatic rings. The predicted molar refractivity (Wildman–Crippen MR) is 119 cm³/mol. The van der Waals surface area contributed by atoms with Gasteiger partial charge in [-0.1, -0.05) is 48.0 Å². The number of aryl methyl sites for hydroxylation is 2. The van der Waals surface area contributed by atoms with Gasteiger partial charge in [0.15, 0.2) is 0 Å². The molecule has 0 unspecified atom stereocenters. The average molecular weight is 399 g/mol. The third kappa shape index (κ3) is 4.35. The van der Waals surface area contributed by atoms with Gasteiger partial charge >= 0.3 is 0 Å². The SMILES string of the molecule is Cc1ccc(C(=O)NCc2nc3ccccc3n2CCOc2ccccc2)c(C)c1. The molecule has 0 saturated carbocycles. The van der Waals surface area contributed by atoms with Crippen LogP contribution in [0.3, 0.4) is 0 Å². The van der Waals surface area contributed by atoms with E-state index in [1.807, 2.05) is 86.6 Å². The summed E-state index contributed by atoms with van der Waals surface area (Å²) in [6, 6.07) is 23.6. The highest BCUT2D eigenvalue weighted by molar-refractivity contribution is 5.95. The first-order valence-electron chi connectivity index (χ1n) is 10.1. The maximum atomic E-state index is 12.7. The van der Waals surface area contributed by atoms with Gasteiger partial charge in [0.1, 0.15) is 18.2 Å². The molecule has 0 aliphatic heterocycles. The molecule has 0 fully saturated rings. The normalized spacial score (nSPS) is 10.9. The summed E-state index contributed by atoms with van der Waals surface area (Å²) in [7, 11) is 0. The molecule has 4 rings (SSSR count). The molecule has 5 heteroatoms. The van der Waals surface area contributed by atoms with Crippen molar-refractivity contribution in [3.8, 4) is 5.75 Å². The van der Waals surface area contributed by atoms with Crippen LogP contribution in [0.5, 0.6) is 5.75 Å². The highest BCUT2D eigenvalue weighted by atomic mass is 16.5. The Labute approximate surface area is 176 Å². The molecule has 1 heterocycles. The summed E-state index contributed by atoms with van der Waals surface area (Å²) in [5.74, 6) is 1.56. The van der Waals surface area contributed by atoms with E-state index in [-0.39, 0.29) is 5.91 Å². The van der Waals surface area contributed by atoms with Crippen molar-refractivity contribution in [2.24, 2.45) is 0 Å². The molecule has 0 atom stereocenters. The molecule has 5 nitrogen and oxygen atoms in total. The Morgan fingerprint density at radius 1 is 1.00 bits per heavy atom. The highest BCUT2D eigenvalue weighted by Gasteiger charge is 2.14. The number of nitrogens with one attached hydrogen (secondary N) is 1. The number of hydrogen-bond donors (Lipinski definition) is 1. The van der Waals surface area contributed by atoms with Gasteiger partial charge in [0.2, 0.25) is 0 Å². The molecular formula is C25H25N3O2. The molecular weight excluding hydrogens is 374 g/mol. The van der Waals surface area contributed by atoms with Crippen LogP contribution in [0, 0.1) is 13.8 Å². The van der Waals surface area contributed by atoms with Gasteiger partial charge in [-0.05, 0) is 49.7 Å². The third-order valence-electron chi connectivity index (χ3n) is 5.09. The van der Waals surface area contributed by atoms with E-state index in [1.54, 1.807) is 0 Å². The number of amides is 1. The largest absolute Gasteiger partial charge is 0.492 e. The molecule has 0 aliphatic carbocycles. The van der Waals surface area contributed by atoms with Crippen LogP contribution in [0.15, 0.2) is 72.8 Å². The summed E-state index contributed by atoms with van der Waals surface area (Å²) in [6.07, 6.45) is 0. The number of fused-ring (bicyclic) bond motifs is 1. The second kappa shape index (κ2) is 8.82. The van der Waals surface area contributed by atoms with Gasteiger partial charge in [-0.2, -0.15) is 0 Å². The number of benzene rings is 3. The van der Waals surface area contributed by atoms with Crippen LogP contribution in [-0.2, 0) is 13.1 Å². The molecule has 30 heavy (non-hydrogen) atoms. The third-order valence-corrected chi connectivity index (χ3v) is 5.09. The standard InChI is InChI=1S/C25H25N3O2/c1-18-12-13-21(19(2)16-18)25(29)26-17-24-27-22-10-6-7-11-23(22)28(24)14-15-30-20-8-4-3-5-9-20/h3-13,16H,14-15,17H2,1-2H3,(H,26,29). The summed E-state index contributed by atoms with van der Waals surface area (Å²) in [4.78, 5) is 17.4. The zero-order chi connectivity index (χ0) is 20.9. The van der Waals surface area contributed by atoms with Gasteiger partial charge < -0.3 is 14.6 Å². The summed E-state index contributed by atoms with van der Waals surface area (Å²) in [5.41, 5.74) is 4.75. The van der Waals surface area contributed by atoms with E-state index in [0.717, 1.165) is 33.7 Å². The van der Waals surface area contributed by atoms with Gasteiger partial charge in [-0.15, -0.1) is 0 Å². The first-order valence-corrected chi connectivity index (χ1v) is 10.1. The molecule has 1 N–H and O–H groups in total. The Kier molecular flexibility index (Phi) is 5.80. The van der Waals surface area contributed by atoms with Crippen molar-refractivity contribution in [2.75, 3.05) is 6.61 Å². The van der Waals surface area contributed by atoms with Gasteiger partial charge in [0.05, 0.1) is 24.1 Å². The van der Waals surface area contributed by atoms with E-state index >= 15 is 0 Å². The maximum absolute atomic E-state index is 12.7. The lowest BCUT2D eigenvalue weighted by molar-refractivity contribution is 0.0949. The second-order valence-electron chi connectivity index (χ2n) is 7.33. The Bertz CT molecular complexity index is 1170. The number of aromatic nitrogens is 2. The predicted octanol–water partition coefficient (Wildman–Crippen LogP) is 4.66. The number of para-hydroxylation sites is 3. The van der Waals surface area contributed by atoms with Gasteiger partial charge in [-0.3, -0.25) is 4.79 Å². The molecule has 4 aromatic rings. The van der Waals surface area contributed by atoms with E-state index in [1.165, 1.54) is 0 Å². The lowest BCUT2D eigenvalue weighted by Gasteiger charge is -2.12. The fourth-order valence-corrected chi connectivity index (χ4v) is 3.60. The Balaban J connectivity index is 1.50. The van der Waals surface area contributed by atoms with Crippen molar-refractivity contribution in [1.29, 1.82) is 0 Å². The number of carbonyl (C=O) groups is 1. The monoisotopic (exact) mass is 399 g/mol. The first kappa shape index (κ1) is 19.7. The topological polar surface area (TPSA) is 56.2 Å². The van der Waals surface area contributed by atoms with Crippen molar-refractivity contribution >= 4 is 16.9 Å². The number of imidazole rings is 1. The Morgan fingerprint density at radius 2 is 1.77 bits per heavy atom. The van der Waals surface area contributed by atoms with Crippen LogP contribution in [0.4, 0.5) is 0 Å². The lowest BCUT2D eigenvalue weighted by Crippen LogP contribution is -2.26. The molecule has 152 valence electrons. The van der Waals surface area contributed by atoms with E-state index < -0.39 is 0 Å². The van der Waals surface area contributed by atoms with E-state index in [0.29, 0.717) is 25.3 Å². The van der Waals surface area contributed by atoms with Crippen molar-refractivity contribution in [2.45, 2.75) is 26.9 Å². The average Bonchev–Trinajstić information content (AvgIpc) is 3.10. The molecule has 3 aromatic carbocycles. The van der Waals surface area contributed by atoms with Gasteiger partial charge in [-0.25, -0.2) is 4.98 Å². The smallest absolute Gasteiger partial charge is 0.251 e. The van der Waals surface area contributed by atoms with E-state index in [9.17, 15) is 4.79 Å². The summed E-state index contributed by atoms with van der Waals surface area (Å²) in [6.45, 7) is 5.49. The van der Waals surface area contributed by atoms with Crippen molar-refractivity contribution in [3.05, 3.63) is 95.3 Å². The molecule has 0 radical (unpaired) electrons. The summed E-state index contributed by atoms with van der Waals surface area (Å²) < 4.78 is 7.98. The van der Waals surface area contributed by atoms with E-state index in [2.05, 4.69) is 9.88 Å². The minimum atomic E-state index is -0.0911. The van der Waals surface area contributed by atoms with Gasteiger partial charge in [0, 0.05) is 5.56 Å². The second-order valence-corrected chi connectivity index (χ2v) is 7.33. The Hall–Kier alpha value is -3.60. The van der Waals surface area contributed by atoms with Crippen LogP contribution in [0.1, 0.15) is 27.3 Å². The molecule has 1 amide bonds. The molecule has 0 spiro atoms. The zero-order valence-corrected chi connectivity index (χ0v) is 17.3. The quantitative estimate of drug-likeness (QED) is 0.492. The summed E-state index contributed by atoms with van der Waals surface area (Å²) >= 11 is 0. The van der Waals surface area contributed by atoms with Crippen molar-refractivity contribution < 1.29 is 9.53 Å². The van der Waals surface area contributed by atoms with Crippen LogP contribution < -0.4 is 10.1 Å². The lowest BCUT2D eigenvalue weighted by atomic mass is 10.1. The van der Waals surface area contributed by atoms with E-state index in [4.69, 9.17) is 9.72 Å². The zero-order valence-electron chi connectivity index (χ0n) is 17.3. The maximum Gasteiger partial charge on any atom is 0.251 e. The minimum absolute atomic E-state index is 0.0911. The minimum Gasteiger partial charge on any atom is -0.492 e. The molecule has 0 saturated heterocycles. The van der Waals surface area contributed by atoms with Crippen molar-refractivity contribution in [3.63, 3.8) is 0 Å². The number of carbonyl (C=O) groups excluding carboxylic acids is 1.